The minimum atomic E-state index is 0.0518. The van der Waals surface area contributed by atoms with Crippen LogP contribution < -0.4 is 4.74 Å². The van der Waals surface area contributed by atoms with Gasteiger partial charge in [-0.05, 0) is 66.1 Å². The monoisotopic (exact) mass is 341 g/mol. The summed E-state index contributed by atoms with van der Waals surface area (Å²) in [7, 11) is 1.65. The summed E-state index contributed by atoms with van der Waals surface area (Å²) in [6.45, 7) is 1.61. The highest BCUT2D eigenvalue weighted by atomic mass is 16.5. The van der Waals surface area contributed by atoms with Crippen LogP contribution in [0.2, 0.25) is 0 Å². The standard InChI is InChI=1S/C23H19NO2/c1-15(25)21-13-18(16-6-4-3-5-7-16)12-19-14-22(24-23(19)21)17-8-10-20(26-2)11-9-17/h3-14,24H,1-2H3. The summed E-state index contributed by atoms with van der Waals surface area (Å²) in [5.74, 6) is 0.872. The van der Waals surface area contributed by atoms with E-state index in [4.69, 9.17) is 4.74 Å². The van der Waals surface area contributed by atoms with Crippen molar-refractivity contribution in [2.24, 2.45) is 0 Å². The molecule has 1 N–H and O–H groups in total. The average molecular weight is 341 g/mol. The lowest BCUT2D eigenvalue weighted by atomic mass is 9.99. The number of Topliss-reactive ketones (excluding diaryl/α,β-unsaturated/α-hetero) is 1. The first-order chi connectivity index (χ1) is 12.7. The van der Waals surface area contributed by atoms with Crippen LogP contribution in [0, 0.1) is 0 Å². The number of rotatable bonds is 4. The zero-order valence-corrected chi connectivity index (χ0v) is 14.7. The third-order valence-electron chi connectivity index (χ3n) is 4.62. The maximum atomic E-state index is 12.2. The lowest BCUT2D eigenvalue weighted by molar-refractivity contribution is 0.101. The second-order valence-electron chi connectivity index (χ2n) is 6.32. The number of ketones is 1. The molecule has 128 valence electrons. The summed E-state index contributed by atoms with van der Waals surface area (Å²) in [6, 6.07) is 24.2. The van der Waals surface area contributed by atoms with E-state index in [2.05, 4.69) is 29.2 Å². The Bertz CT molecular complexity index is 1080. The van der Waals surface area contributed by atoms with E-state index < -0.39 is 0 Å². The number of nitrogens with one attached hydrogen (secondary N) is 1. The molecule has 1 heterocycles. The molecular weight excluding hydrogens is 322 g/mol. The van der Waals surface area contributed by atoms with Crippen LogP contribution in [0.1, 0.15) is 17.3 Å². The first-order valence-corrected chi connectivity index (χ1v) is 8.53. The Morgan fingerprint density at radius 1 is 0.846 bits per heavy atom. The van der Waals surface area contributed by atoms with Gasteiger partial charge < -0.3 is 9.72 Å². The molecule has 0 aliphatic heterocycles. The maximum absolute atomic E-state index is 12.2. The predicted octanol–water partition coefficient (Wildman–Crippen LogP) is 5.71. The molecule has 26 heavy (non-hydrogen) atoms. The van der Waals surface area contributed by atoms with E-state index in [-0.39, 0.29) is 5.78 Å². The van der Waals surface area contributed by atoms with Crippen LogP contribution in [0.5, 0.6) is 5.75 Å². The van der Waals surface area contributed by atoms with Gasteiger partial charge in [0.15, 0.2) is 5.78 Å². The van der Waals surface area contributed by atoms with Gasteiger partial charge in [-0.2, -0.15) is 0 Å². The van der Waals surface area contributed by atoms with Crippen molar-refractivity contribution >= 4 is 16.7 Å². The molecule has 3 aromatic carbocycles. The molecule has 0 aliphatic rings. The average Bonchev–Trinajstić information content (AvgIpc) is 3.12. The van der Waals surface area contributed by atoms with E-state index in [1.807, 2.05) is 48.5 Å². The number of aromatic amines is 1. The molecule has 4 rings (SSSR count). The topological polar surface area (TPSA) is 42.1 Å². The quantitative estimate of drug-likeness (QED) is 0.483. The molecule has 0 aliphatic carbocycles. The van der Waals surface area contributed by atoms with Crippen molar-refractivity contribution in [3.05, 3.63) is 78.4 Å². The molecule has 0 radical (unpaired) electrons. The van der Waals surface area contributed by atoms with Gasteiger partial charge in [0.25, 0.3) is 0 Å². The Hall–Kier alpha value is -3.33. The Morgan fingerprint density at radius 2 is 1.58 bits per heavy atom. The maximum Gasteiger partial charge on any atom is 0.161 e. The smallest absolute Gasteiger partial charge is 0.161 e. The number of methoxy groups -OCH3 is 1. The molecule has 0 unspecified atom stereocenters. The van der Waals surface area contributed by atoms with Crippen LogP contribution in [-0.4, -0.2) is 17.9 Å². The Kier molecular flexibility index (Phi) is 4.05. The molecule has 1 aromatic heterocycles. The summed E-state index contributed by atoms with van der Waals surface area (Å²) in [5.41, 5.74) is 5.77. The van der Waals surface area contributed by atoms with Crippen LogP contribution >= 0.6 is 0 Å². The lowest BCUT2D eigenvalue weighted by Crippen LogP contribution is -1.94. The zero-order valence-electron chi connectivity index (χ0n) is 14.7. The number of ether oxygens (including phenoxy) is 1. The number of benzene rings is 3. The van der Waals surface area contributed by atoms with E-state index in [0.717, 1.165) is 39.0 Å². The van der Waals surface area contributed by atoms with E-state index in [1.165, 1.54) is 0 Å². The van der Waals surface area contributed by atoms with Crippen LogP contribution in [-0.2, 0) is 0 Å². The van der Waals surface area contributed by atoms with Gasteiger partial charge in [-0.3, -0.25) is 4.79 Å². The van der Waals surface area contributed by atoms with Crippen LogP contribution in [0.15, 0.2) is 72.8 Å². The predicted molar refractivity (Wildman–Crippen MR) is 106 cm³/mol. The molecule has 3 heteroatoms. The van der Waals surface area contributed by atoms with Gasteiger partial charge in [-0.1, -0.05) is 30.3 Å². The van der Waals surface area contributed by atoms with Gasteiger partial charge in [0.1, 0.15) is 5.75 Å². The van der Waals surface area contributed by atoms with E-state index >= 15 is 0 Å². The number of carbonyl (C=O) groups excluding carboxylic acids is 1. The van der Waals surface area contributed by atoms with E-state index in [1.54, 1.807) is 14.0 Å². The number of fused-ring (bicyclic) bond motifs is 1. The Labute approximate surface area is 152 Å². The van der Waals surface area contributed by atoms with Gasteiger partial charge >= 0.3 is 0 Å². The normalized spacial score (nSPS) is 10.8. The minimum Gasteiger partial charge on any atom is -0.497 e. The largest absolute Gasteiger partial charge is 0.497 e. The zero-order chi connectivity index (χ0) is 18.1. The van der Waals surface area contributed by atoms with Crippen molar-refractivity contribution in [1.29, 1.82) is 0 Å². The summed E-state index contributed by atoms with van der Waals surface area (Å²) < 4.78 is 5.22. The van der Waals surface area contributed by atoms with E-state index in [0.29, 0.717) is 5.56 Å². The van der Waals surface area contributed by atoms with Gasteiger partial charge in [0.2, 0.25) is 0 Å². The molecule has 0 saturated heterocycles. The summed E-state index contributed by atoms with van der Waals surface area (Å²) in [5, 5.41) is 1.03. The van der Waals surface area contributed by atoms with E-state index in [9.17, 15) is 4.79 Å². The lowest BCUT2D eigenvalue weighted by Gasteiger charge is -2.06. The molecule has 0 amide bonds. The van der Waals surface area contributed by atoms with Crippen molar-refractivity contribution in [3.8, 4) is 28.1 Å². The van der Waals surface area contributed by atoms with Crippen LogP contribution in [0.3, 0.4) is 0 Å². The molecule has 0 saturated carbocycles. The van der Waals surface area contributed by atoms with Crippen molar-refractivity contribution in [2.75, 3.05) is 7.11 Å². The third-order valence-corrected chi connectivity index (χ3v) is 4.62. The van der Waals surface area contributed by atoms with Crippen LogP contribution in [0.4, 0.5) is 0 Å². The number of H-pyrrole nitrogens is 1. The van der Waals surface area contributed by atoms with Gasteiger partial charge in [0.05, 0.1) is 12.6 Å². The van der Waals surface area contributed by atoms with Crippen LogP contribution in [0.25, 0.3) is 33.3 Å². The fourth-order valence-corrected chi connectivity index (χ4v) is 3.25. The van der Waals surface area contributed by atoms with Gasteiger partial charge in [-0.15, -0.1) is 0 Å². The minimum absolute atomic E-state index is 0.0518. The highest BCUT2D eigenvalue weighted by molar-refractivity contribution is 6.08. The molecule has 3 nitrogen and oxygen atoms in total. The van der Waals surface area contributed by atoms with Gasteiger partial charge in [-0.25, -0.2) is 0 Å². The molecular formula is C23H19NO2. The fraction of sp³-hybridized carbons (Fsp3) is 0.0870. The Morgan fingerprint density at radius 3 is 2.23 bits per heavy atom. The number of hydrogen-bond donors (Lipinski definition) is 1. The third kappa shape index (κ3) is 2.88. The van der Waals surface area contributed by atoms with Gasteiger partial charge in [0, 0.05) is 16.6 Å². The molecule has 4 aromatic rings. The summed E-state index contributed by atoms with van der Waals surface area (Å²) >= 11 is 0. The number of aromatic nitrogens is 1. The molecule has 0 spiro atoms. The van der Waals surface area contributed by atoms with Crippen molar-refractivity contribution in [3.63, 3.8) is 0 Å². The molecule has 0 atom stereocenters. The highest BCUT2D eigenvalue weighted by Crippen LogP contribution is 2.32. The van der Waals surface area contributed by atoms with Crippen molar-refractivity contribution in [1.82, 2.24) is 4.98 Å². The van der Waals surface area contributed by atoms with Crippen molar-refractivity contribution in [2.45, 2.75) is 6.92 Å². The van der Waals surface area contributed by atoms with Crippen molar-refractivity contribution < 1.29 is 9.53 Å². The second kappa shape index (κ2) is 6.52. The number of carbonyl (C=O) groups is 1. The molecule has 0 bridgehead atoms. The number of hydrogen-bond acceptors (Lipinski definition) is 2. The highest BCUT2D eigenvalue weighted by Gasteiger charge is 2.13. The fourth-order valence-electron chi connectivity index (χ4n) is 3.25. The Balaban J connectivity index is 1.88. The molecule has 0 fully saturated rings. The second-order valence-corrected chi connectivity index (χ2v) is 6.32. The first-order valence-electron chi connectivity index (χ1n) is 8.53. The SMILES string of the molecule is COc1ccc(-c2cc3cc(-c4ccccc4)cc(C(C)=O)c3[nH]2)cc1. The summed E-state index contributed by atoms with van der Waals surface area (Å²) in [6.07, 6.45) is 0. The first kappa shape index (κ1) is 16.2. The summed E-state index contributed by atoms with van der Waals surface area (Å²) in [4.78, 5) is 15.7.